The molecule has 0 saturated heterocycles. The molecule has 1 amide bonds. The third-order valence-electron chi connectivity index (χ3n) is 3.21. The lowest BCUT2D eigenvalue weighted by atomic mass is 9.86. The van der Waals surface area contributed by atoms with Gasteiger partial charge in [0.25, 0.3) is 0 Å². The Kier molecular flexibility index (Phi) is 4.71. The topological polar surface area (TPSA) is 55.1 Å². The van der Waals surface area contributed by atoms with Crippen molar-refractivity contribution in [3.63, 3.8) is 0 Å². The number of aryl methyl sites for hydroxylation is 1. The van der Waals surface area contributed by atoms with Gasteiger partial charge in [-0.3, -0.25) is 4.79 Å². The molecule has 0 aliphatic heterocycles. The van der Waals surface area contributed by atoms with Gasteiger partial charge in [0.15, 0.2) is 0 Å². The third kappa shape index (κ3) is 3.30. The number of hydrogen-bond acceptors (Lipinski definition) is 2. The quantitative estimate of drug-likeness (QED) is 0.897. The normalized spacial score (nSPS) is 14.2. The first-order valence-electron chi connectivity index (χ1n) is 5.70. The second-order valence-corrected chi connectivity index (χ2v) is 5.39. The smallest absolute Gasteiger partial charge is 0.231 e. The van der Waals surface area contributed by atoms with Crippen molar-refractivity contribution in [3.8, 4) is 0 Å². The van der Waals surface area contributed by atoms with Gasteiger partial charge in [0.05, 0.1) is 5.41 Å². The van der Waals surface area contributed by atoms with Gasteiger partial charge < -0.3 is 11.1 Å². The zero-order chi connectivity index (χ0) is 13.1. The molecule has 3 nitrogen and oxygen atoms in total. The minimum Gasteiger partial charge on any atom is -0.329 e. The summed E-state index contributed by atoms with van der Waals surface area (Å²) in [6, 6.07) is 5.76. The number of hydrogen-bond donors (Lipinski definition) is 2. The first kappa shape index (κ1) is 14.2. The molecule has 94 valence electrons. The van der Waals surface area contributed by atoms with Crippen molar-refractivity contribution < 1.29 is 4.79 Å². The molecule has 1 rings (SSSR count). The van der Waals surface area contributed by atoms with Crippen LogP contribution in [0.1, 0.15) is 25.8 Å². The van der Waals surface area contributed by atoms with Crippen LogP contribution in [0, 0.1) is 12.3 Å². The summed E-state index contributed by atoms with van der Waals surface area (Å²) < 4.78 is 0.987. The Bertz CT molecular complexity index is 414. The SMILES string of the molecule is CCC(C)(CN)C(=O)Nc1ccc(C)c(Br)c1. The van der Waals surface area contributed by atoms with Crippen LogP contribution in [0.3, 0.4) is 0 Å². The van der Waals surface area contributed by atoms with E-state index in [9.17, 15) is 4.79 Å². The van der Waals surface area contributed by atoms with Gasteiger partial charge in [-0.25, -0.2) is 0 Å². The summed E-state index contributed by atoms with van der Waals surface area (Å²) in [7, 11) is 0. The molecule has 1 atom stereocenters. The molecular formula is C13H19BrN2O. The van der Waals surface area contributed by atoms with E-state index in [-0.39, 0.29) is 5.91 Å². The average Bonchev–Trinajstić information content (AvgIpc) is 2.32. The van der Waals surface area contributed by atoms with E-state index in [4.69, 9.17) is 5.73 Å². The molecule has 0 saturated carbocycles. The highest BCUT2D eigenvalue weighted by atomic mass is 79.9. The van der Waals surface area contributed by atoms with E-state index in [1.807, 2.05) is 39.0 Å². The van der Waals surface area contributed by atoms with E-state index >= 15 is 0 Å². The lowest BCUT2D eigenvalue weighted by Gasteiger charge is -2.25. The summed E-state index contributed by atoms with van der Waals surface area (Å²) in [6.45, 7) is 6.21. The van der Waals surface area contributed by atoms with Gasteiger partial charge in [-0.1, -0.05) is 28.9 Å². The number of benzene rings is 1. The van der Waals surface area contributed by atoms with Gasteiger partial charge >= 0.3 is 0 Å². The molecule has 1 aromatic rings. The number of nitrogens with two attached hydrogens (primary N) is 1. The fourth-order valence-electron chi connectivity index (χ4n) is 1.35. The molecule has 1 aromatic carbocycles. The summed E-state index contributed by atoms with van der Waals surface area (Å²) in [5.74, 6) is -0.0294. The van der Waals surface area contributed by atoms with E-state index in [1.165, 1.54) is 0 Å². The molecular weight excluding hydrogens is 280 g/mol. The van der Waals surface area contributed by atoms with Gasteiger partial charge in [-0.05, 0) is 38.0 Å². The second kappa shape index (κ2) is 5.65. The van der Waals surface area contributed by atoms with Gasteiger partial charge in [0, 0.05) is 16.7 Å². The predicted molar refractivity (Wildman–Crippen MR) is 75.0 cm³/mol. The minimum atomic E-state index is -0.503. The number of nitrogens with one attached hydrogen (secondary N) is 1. The standard InChI is InChI=1S/C13H19BrN2O/c1-4-13(3,8-15)12(17)16-10-6-5-9(2)11(14)7-10/h5-7H,4,8,15H2,1-3H3,(H,16,17). The Morgan fingerprint density at radius 1 is 1.53 bits per heavy atom. The molecule has 0 aliphatic rings. The highest BCUT2D eigenvalue weighted by molar-refractivity contribution is 9.10. The molecule has 4 heteroatoms. The fourth-order valence-corrected chi connectivity index (χ4v) is 1.73. The van der Waals surface area contributed by atoms with Crippen LogP contribution in [0.2, 0.25) is 0 Å². The average molecular weight is 299 g/mol. The molecule has 0 aromatic heterocycles. The molecule has 0 spiro atoms. The van der Waals surface area contributed by atoms with Crippen LogP contribution in [0.5, 0.6) is 0 Å². The first-order chi connectivity index (χ1) is 7.92. The highest BCUT2D eigenvalue weighted by Gasteiger charge is 2.29. The number of rotatable bonds is 4. The molecule has 1 unspecified atom stereocenters. The Balaban J connectivity index is 2.84. The molecule has 0 radical (unpaired) electrons. The van der Waals surface area contributed by atoms with Crippen LogP contribution < -0.4 is 11.1 Å². The lowest BCUT2D eigenvalue weighted by Crippen LogP contribution is -2.39. The van der Waals surface area contributed by atoms with Crippen molar-refractivity contribution in [2.24, 2.45) is 11.1 Å². The van der Waals surface area contributed by atoms with Crippen molar-refractivity contribution in [1.82, 2.24) is 0 Å². The van der Waals surface area contributed by atoms with Crippen molar-refractivity contribution in [2.75, 3.05) is 11.9 Å². The maximum atomic E-state index is 12.1. The van der Waals surface area contributed by atoms with Gasteiger partial charge in [-0.2, -0.15) is 0 Å². The number of halogens is 1. The molecule has 0 heterocycles. The largest absolute Gasteiger partial charge is 0.329 e. The van der Waals surface area contributed by atoms with Crippen LogP contribution in [-0.4, -0.2) is 12.5 Å². The van der Waals surface area contributed by atoms with Crippen LogP contribution in [-0.2, 0) is 4.79 Å². The predicted octanol–water partition coefficient (Wildman–Crippen LogP) is 3.07. The summed E-state index contributed by atoms with van der Waals surface area (Å²) in [4.78, 5) is 12.1. The maximum Gasteiger partial charge on any atom is 0.231 e. The van der Waals surface area contributed by atoms with Gasteiger partial charge in [-0.15, -0.1) is 0 Å². The first-order valence-corrected chi connectivity index (χ1v) is 6.50. The molecule has 0 fully saturated rings. The zero-order valence-electron chi connectivity index (χ0n) is 10.5. The third-order valence-corrected chi connectivity index (χ3v) is 4.06. The Hall–Kier alpha value is -0.870. The Morgan fingerprint density at radius 3 is 2.65 bits per heavy atom. The van der Waals surface area contributed by atoms with E-state index in [0.717, 1.165) is 22.1 Å². The minimum absolute atomic E-state index is 0.0294. The van der Waals surface area contributed by atoms with Crippen LogP contribution >= 0.6 is 15.9 Å². The summed E-state index contributed by atoms with van der Waals surface area (Å²) >= 11 is 3.44. The fraction of sp³-hybridized carbons (Fsp3) is 0.462. The van der Waals surface area contributed by atoms with E-state index in [0.29, 0.717) is 6.54 Å². The number of amides is 1. The zero-order valence-corrected chi connectivity index (χ0v) is 12.1. The number of carbonyl (C=O) groups is 1. The summed E-state index contributed by atoms with van der Waals surface area (Å²) in [5.41, 5.74) is 7.08. The highest BCUT2D eigenvalue weighted by Crippen LogP contribution is 2.24. The summed E-state index contributed by atoms with van der Waals surface area (Å²) in [5, 5.41) is 2.90. The van der Waals surface area contributed by atoms with E-state index in [2.05, 4.69) is 21.2 Å². The molecule has 3 N–H and O–H groups in total. The van der Waals surface area contributed by atoms with Crippen molar-refractivity contribution in [2.45, 2.75) is 27.2 Å². The molecule has 0 bridgehead atoms. The molecule has 0 aliphatic carbocycles. The lowest BCUT2D eigenvalue weighted by molar-refractivity contribution is -0.124. The van der Waals surface area contributed by atoms with Crippen molar-refractivity contribution in [1.29, 1.82) is 0 Å². The van der Waals surface area contributed by atoms with E-state index in [1.54, 1.807) is 0 Å². The monoisotopic (exact) mass is 298 g/mol. The van der Waals surface area contributed by atoms with Gasteiger partial charge in [0.2, 0.25) is 5.91 Å². The molecule has 17 heavy (non-hydrogen) atoms. The maximum absolute atomic E-state index is 12.1. The summed E-state index contributed by atoms with van der Waals surface area (Å²) in [6.07, 6.45) is 0.725. The number of carbonyl (C=O) groups excluding carboxylic acids is 1. The van der Waals surface area contributed by atoms with Crippen molar-refractivity contribution >= 4 is 27.5 Å². The number of anilines is 1. The van der Waals surface area contributed by atoms with Gasteiger partial charge in [0.1, 0.15) is 0 Å². The second-order valence-electron chi connectivity index (χ2n) is 4.54. The van der Waals surface area contributed by atoms with Crippen LogP contribution in [0.15, 0.2) is 22.7 Å². The van der Waals surface area contributed by atoms with Crippen LogP contribution in [0.25, 0.3) is 0 Å². The van der Waals surface area contributed by atoms with Crippen molar-refractivity contribution in [3.05, 3.63) is 28.2 Å². The Labute approximate surface area is 111 Å². The Morgan fingerprint density at radius 2 is 2.18 bits per heavy atom. The van der Waals surface area contributed by atoms with E-state index < -0.39 is 5.41 Å². The van der Waals surface area contributed by atoms with Crippen LogP contribution in [0.4, 0.5) is 5.69 Å².